The van der Waals surface area contributed by atoms with Gasteiger partial charge in [0.15, 0.2) is 12.4 Å². The molecule has 0 radical (unpaired) electrons. The molecule has 2 amide bonds. The van der Waals surface area contributed by atoms with E-state index in [0.29, 0.717) is 33.6 Å². The van der Waals surface area contributed by atoms with Gasteiger partial charge in [-0.25, -0.2) is 0 Å². The molecule has 7 rings (SSSR count). The topological polar surface area (TPSA) is 90.0 Å². The summed E-state index contributed by atoms with van der Waals surface area (Å²) in [6.45, 7) is -1.18. The van der Waals surface area contributed by atoms with Gasteiger partial charge in [-0.15, -0.1) is 23.2 Å². The molecule has 3 aromatic carbocycles. The van der Waals surface area contributed by atoms with Crippen LogP contribution in [0.5, 0.6) is 5.75 Å². The van der Waals surface area contributed by atoms with Crippen molar-refractivity contribution in [3.63, 3.8) is 0 Å². The normalized spacial score (nSPS) is 26.4. The van der Waals surface area contributed by atoms with E-state index in [4.69, 9.17) is 32.7 Å². The van der Waals surface area contributed by atoms with Crippen LogP contribution in [-0.2, 0) is 28.9 Å². The zero-order valence-electron chi connectivity index (χ0n) is 20.1. The summed E-state index contributed by atoms with van der Waals surface area (Å²) in [6.07, 6.45) is 0. The molecule has 192 valence electrons. The minimum atomic E-state index is -1.33. The maximum Gasteiger partial charge on any atom is 0.326 e. The van der Waals surface area contributed by atoms with Crippen molar-refractivity contribution in [2.75, 3.05) is 20.3 Å². The van der Waals surface area contributed by atoms with Crippen LogP contribution in [0.2, 0.25) is 0 Å². The molecule has 0 unspecified atom stereocenters. The molecule has 0 saturated carbocycles. The van der Waals surface area contributed by atoms with E-state index in [2.05, 4.69) is 0 Å². The molecule has 1 saturated heterocycles. The van der Waals surface area contributed by atoms with E-state index in [1.807, 2.05) is 48.5 Å². The molecule has 3 aromatic rings. The van der Waals surface area contributed by atoms with Crippen molar-refractivity contribution in [2.24, 2.45) is 11.8 Å². The predicted octanol–water partition coefficient (Wildman–Crippen LogP) is 4.01. The van der Waals surface area contributed by atoms with Crippen LogP contribution in [0.3, 0.4) is 0 Å². The second-order valence-corrected chi connectivity index (χ2v) is 10.7. The summed E-state index contributed by atoms with van der Waals surface area (Å²) in [7, 11) is 1.51. The Bertz CT molecular complexity index is 1400. The number of carbonyl (C=O) groups excluding carboxylic acids is 4. The largest absolute Gasteiger partial charge is 0.497 e. The number of ketones is 1. The summed E-state index contributed by atoms with van der Waals surface area (Å²) in [6, 6.07) is 20.9. The van der Waals surface area contributed by atoms with Crippen molar-refractivity contribution < 1.29 is 28.7 Å². The van der Waals surface area contributed by atoms with E-state index in [1.165, 1.54) is 7.11 Å². The number of esters is 1. The molecule has 1 fully saturated rings. The second kappa shape index (κ2) is 8.68. The number of benzene rings is 3. The number of rotatable bonds is 6. The summed E-state index contributed by atoms with van der Waals surface area (Å²) < 4.78 is 10.2. The zero-order chi connectivity index (χ0) is 26.8. The Morgan fingerprint density at radius 1 is 0.789 bits per heavy atom. The number of hydrogen-bond acceptors (Lipinski definition) is 6. The fraction of sp³-hybridized carbons (Fsp3) is 0.241. The summed E-state index contributed by atoms with van der Waals surface area (Å²) in [4.78, 5) is 50.8. The molecule has 0 N–H and O–H groups in total. The average molecular weight is 550 g/mol. The van der Waals surface area contributed by atoms with Gasteiger partial charge < -0.3 is 9.47 Å². The Balaban J connectivity index is 1.27. The van der Waals surface area contributed by atoms with Gasteiger partial charge in [0, 0.05) is 5.56 Å². The lowest BCUT2D eigenvalue weighted by molar-refractivity contribution is -0.152. The van der Waals surface area contributed by atoms with Gasteiger partial charge in [-0.05, 0) is 46.5 Å². The molecule has 0 spiro atoms. The first-order valence-electron chi connectivity index (χ1n) is 12.0. The molecular formula is C29H21Cl2NO6. The van der Waals surface area contributed by atoms with Gasteiger partial charge in [0.25, 0.3) is 0 Å². The number of ether oxygens (including phenoxy) is 2. The highest BCUT2D eigenvalue weighted by atomic mass is 35.5. The quantitative estimate of drug-likeness (QED) is 0.200. The van der Waals surface area contributed by atoms with Crippen LogP contribution in [0.15, 0.2) is 72.8 Å². The Hall–Kier alpha value is -3.68. The maximum atomic E-state index is 13.7. The highest BCUT2D eigenvalue weighted by Crippen LogP contribution is 2.69. The molecule has 2 bridgehead atoms. The number of carbonyl (C=O) groups is 4. The predicted molar refractivity (Wildman–Crippen MR) is 138 cm³/mol. The molecule has 3 aliphatic carbocycles. The van der Waals surface area contributed by atoms with E-state index in [9.17, 15) is 19.2 Å². The van der Waals surface area contributed by atoms with Crippen LogP contribution in [0.25, 0.3) is 0 Å². The van der Waals surface area contributed by atoms with E-state index in [-0.39, 0.29) is 0 Å². The van der Waals surface area contributed by atoms with Crippen molar-refractivity contribution >= 4 is 46.8 Å². The summed E-state index contributed by atoms with van der Waals surface area (Å²) in [5.74, 6) is -3.94. The van der Waals surface area contributed by atoms with Crippen molar-refractivity contribution in [2.45, 2.75) is 9.75 Å². The smallest absolute Gasteiger partial charge is 0.326 e. The van der Waals surface area contributed by atoms with Crippen LogP contribution >= 0.6 is 23.2 Å². The van der Waals surface area contributed by atoms with Crippen LogP contribution in [0.4, 0.5) is 0 Å². The van der Waals surface area contributed by atoms with Crippen molar-refractivity contribution in [3.05, 3.63) is 101 Å². The number of methoxy groups -OCH3 is 1. The van der Waals surface area contributed by atoms with Crippen LogP contribution in [0, 0.1) is 11.8 Å². The number of imide groups is 1. The SMILES string of the molecule is COc1ccc(C(=O)COC(=O)CN2C(=O)[C@H]3[C@H](C2=O)C2(Cl)c4ccccc4C3(Cl)c3ccccc32)cc1. The van der Waals surface area contributed by atoms with E-state index in [0.717, 1.165) is 4.90 Å². The van der Waals surface area contributed by atoms with E-state index >= 15 is 0 Å². The Labute approximate surface area is 228 Å². The van der Waals surface area contributed by atoms with Crippen molar-refractivity contribution in [1.82, 2.24) is 4.90 Å². The zero-order valence-corrected chi connectivity index (χ0v) is 21.7. The Morgan fingerprint density at radius 3 is 1.66 bits per heavy atom. The first kappa shape index (κ1) is 24.6. The average Bonchev–Trinajstić information content (AvgIpc) is 3.20. The molecule has 1 heterocycles. The van der Waals surface area contributed by atoms with Gasteiger partial charge in [-0.3, -0.25) is 24.1 Å². The number of Topliss-reactive ketones (excluding diaryl/α,β-unsaturated/α-hetero) is 1. The lowest BCUT2D eigenvalue weighted by atomic mass is 9.54. The first-order chi connectivity index (χ1) is 18.2. The highest BCUT2D eigenvalue weighted by molar-refractivity contribution is 6.36. The Morgan fingerprint density at radius 2 is 1.24 bits per heavy atom. The second-order valence-electron chi connectivity index (χ2n) is 9.55. The number of halogens is 2. The number of likely N-dealkylation sites (tertiary alicyclic amines) is 1. The number of hydrogen-bond donors (Lipinski definition) is 0. The molecule has 38 heavy (non-hydrogen) atoms. The number of nitrogens with zero attached hydrogens (tertiary/aromatic N) is 1. The number of amides is 2. The molecular weight excluding hydrogens is 529 g/mol. The summed E-state index contributed by atoms with van der Waals surface area (Å²) in [5.41, 5.74) is 3.03. The van der Waals surface area contributed by atoms with Crippen LogP contribution in [0.1, 0.15) is 32.6 Å². The van der Waals surface area contributed by atoms with Gasteiger partial charge in [-0.2, -0.15) is 0 Å². The van der Waals surface area contributed by atoms with E-state index < -0.39 is 58.3 Å². The van der Waals surface area contributed by atoms with Gasteiger partial charge >= 0.3 is 5.97 Å². The third-order valence-corrected chi connectivity index (χ3v) is 9.02. The molecule has 0 aromatic heterocycles. The van der Waals surface area contributed by atoms with Crippen molar-refractivity contribution in [1.29, 1.82) is 0 Å². The van der Waals surface area contributed by atoms with Crippen LogP contribution in [-0.4, -0.2) is 48.7 Å². The van der Waals surface area contributed by atoms with Gasteiger partial charge in [-0.1, -0.05) is 48.5 Å². The van der Waals surface area contributed by atoms with Gasteiger partial charge in [0.05, 0.1) is 18.9 Å². The van der Waals surface area contributed by atoms with Crippen molar-refractivity contribution in [3.8, 4) is 5.75 Å². The maximum absolute atomic E-state index is 13.7. The third kappa shape index (κ3) is 3.21. The molecule has 7 nitrogen and oxygen atoms in total. The monoisotopic (exact) mass is 549 g/mol. The lowest BCUT2D eigenvalue weighted by Gasteiger charge is -2.54. The summed E-state index contributed by atoms with van der Waals surface area (Å²) >= 11 is 14.7. The Kier molecular flexibility index (Phi) is 5.63. The highest BCUT2D eigenvalue weighted by Gasteiger charge is 2.73. The van der Waals surface area contributed by atoms with Gasteiger partial charge in [0.2, 0.25) is 11.8 Å². The van der Waals surface area contributed by atoms with Crippen LogP contribution < -0.4 is 4.74 Å². The molecule has 4 aliphatic rings. The minimum Gasteiger partial charge on any atom is -0.497 e. The molecule has 1 aliphatic heterocycles. The standard InChI is InChI=1S/C29H21Cl2NO6/c1-37-17-12-10-16(11-13-17)22(33)15-38-23(34)14-32-26(35)24-25(27(32)36)29(31)19-7-3-2-6-18(19)28(24,30)20-8-4-5-9-21(20)29/h2-13,24-25H,14-15H2,1H3/t24-,25-,28?,29?/m1/s1. The number of alkyl halides is 2. The lowest BCUT2D eigenvalue weighted by Crippen LogP contribution is -2.57. The fourth-order valence-corrected chi connectivity index (χ4v) is 7.16. The first-order valence-corrected chi connectivity index (χ1v) is 12.7. The third-order valence-electron chi connectivity index (χ3n) is 7.74. The molecule has 9 heteroatoms. The van der Waals surface area contributed by atoms with Gasteiger partial charge in [0.1, 0.15) is 22.0 Å². The minimum absolute atomic E-state index is 0.332. The molecule has 2 atom stereocenters. The van der Waals surface area contributed by atoms with E-state index in [1.54, 1.807) is 24.3 Å². The fourth-order valence-electron chi connectivity index (χ4n) is 6.06. The summed E-state index contributed by atoms with van der Waals surface area (Å²) in [5, 5.41) is 0.